The van der Waals surface area contributed by atoms with Crippen molar-refractivity contribution in [3.05, 3.63) is 24.2 Å². The summed E-state index contributed by atoms with van der Waals surface area (Å²) >= 11 is 0. The maximum absolute atomic E-state index is 11.4. The summed E-state index contributed by atoms with van der Waals surface area (Å²) in [5.41, 5.74) is 0. The van der Waals surface area contributed by atoms with Crippen LogP contribution in [0.2, 0.25) is 0 Å². The van der Waals surface area contributed by atoms with E-state index in [1.807, 2.05) is 17.4 Å². The van der Waals surface area contributed by atoms with E-state index in [4.69, 9.17) is 4.42 Å². The molecule has 0 aliphatic carbocycles. The number of carbonyl (C=O) groups excluding carboxylic acids is 1. The van der Waals surface area contributed by atoms with E-state index in [0.717, 1.165) is 18.8 Å². The number of hydrogen-bond donors (Lipinski definition) is 3. The zero-order chi connectivity index (χ0) is 11.8. The van der Waals surface area contributed by atoms with Gasteiger partial charge in [-0.05, 0) is 12.1 Å². The van der Waals surface area contributed by atoms with Gasteiger partial charge in [0.2, 0.25) is 0 Å². The van der Waals surface area contributed by atoms with E-state index < -0.39 is 0 Å². The molecule has 0 unspecified atom stereocenters. The van der Waals surface area contributed by atoms with Crippen LogP contribution in [0, 0.1) is 0 Å². The number of furan rings is 1. The summed E-state index contributed by atoms with van der Waals surface area (Å²) in [4.78, 5) is 12.8. The lowest BCUT2D eigenvalue weighted by Crippen LogP contribution is -3.09. The van der Waals surface area contributed by atoms with Gasteiger partial charge in [0.1, 0.15) is 18.8 Å². The first-order valence-electron chi connectivity index (χ1n) is 5.58. The van der Waals surface area contributed by atoms with Gasteiger partial charge in [-0.25, -0.2) is 0 Å². The highest BCUT2D eigenvalue weighted by molar-refractivity contribution is 5.76. The Bertz CT molecular complexity index is 296. The van der Waals surface area contributed by atoms with Crippen molar-refractivity contribution in [2.75, 3.05) is 33.7 Å². The summed E-state index contributed by atoms with van der Waals surface area (Å²) in [6.07, 6.45) is 1.60. The van der Waals surface area contributed by atoms with Gasteiger partial charge in [0.25, 0.3) is 5.91 Å². The molecule has 1 rings (SSSR count). The van der Waals surface area contributed by atoms with Crippen LogP contribution in [-0.2, 0) is 11.3 Å². The van der Waals surface area contributed by atoms with Crippen molar-refractivity contribution >= 4 is 5.91 Å². The Morgan fingerprint density at radius 2 is 2.38 bits per heavy atom. The van der Waals surface area contributed by atoms with Gasteiger partial charge >= 0.3 is 0 Å². The number of likely N-dealkylation sites (N-methyl/N-ethyl adjacent to an activating group) is 1. The first kappa shape index (κ1) is 12.7. The minimum absolute atomic E-state index is 0.0464. The average Bonchev–Trinajstić information content (AvgIpc) is 2.74. The molecule has 0 bridgehead atoms. The Kier molecular flexibility index (Phi) is 5.60. The smallest absolute Gasteiger partial charge is 0.275 e. The molecule has 0 saturated heterocycles. The molecule has 4 N–H and O–H groups in total. The second kappa shape index (κ2) is 7.03. The van der Waals surface area contributed by atoms with Crippen LogP contribution in [0.5, 0.6) is 0 Å². The first-order chi connectivity index (χ1) is 7.68. The fraction of sp³-hybridized carbons (Fsp3) is 0.545. The van der Waals surface area contributed by atoms with Gasteiger partial charge in [0.15, 0.2) is 6.54 Å². The monoisotopic (exact) mass is 227 g/mol. The fourth-order valence-electron chi connectivity index (χ4n) is 1.29. The van der Waals surface area contributed by atoms with Crippen molar-refractivity contribution in [2.45, 2.75) is 6.54 Å². The number of nitrogens with one attached hydrogen (secondary N) is 2. The molecule has 0 aromatic carbocycles. The van der Waals surface area contributed by atoms with E-state index >= 15 is 0 Å². The molecule has 16 heavy (non-hydrogen) atoms. The largest absolute Gasteiger partial charge is 0.467 e. The number of quaternary nitrogens is 2. The van der Waals surface area contributed by atoms with Crippen molar-refractivity contribution in [3.63, 3.8) is 0 Å². The zero-order valence-corrected chi connectivity index (χ0v) is 9.95. The Morgan fingerprint density at radius 3 is 3.00 bits per heavy atom. The highest BCUT2D eigenvalue weighted by Crippen LogP contribution is 1.97. The van der Waals surface area contributed by atoms with Crippen molar-refractivity contribution in [3.8, 4) is 0 Å². The zero-order valence-electron chi connectivity index (χ0n) is 9.95. The molecule has 0 radical (unpaired) electrons. The van der Waals surface area contributed by atoms with Gasteiger partial charge in [-0.15, -0.1) is 0 Å². The maximum Gasteiger partial charge on any atom is 0.275 e. The van der Waals surface area contributed by atoms with Crippen LogP contribution in [0.4, 0.5) is 0 Å². The van der Waals surface area contributed by atoms with Crippen molar-refractivity contribution in [1.29, 1.82) is 0 Å². The Labute approximate surface area is 95.8 Å². The molecule has 90 valence electrons. The quantitative estimate of drug-likeness (QED) is 0.455. The lowest BCUT2D eigenvalue weighted by molar-refractivity contribution is -0.873. The predicted octanol–water partition coefficient (Wildman–Crippen LogP) is -2.40. The van der Waals surface area contributed by atoms with Crippen LogP contribution in [0.3, 0.4) is 0 Å². The summed E-state index contributed by atoms with van der Waals surface area (Å²) in [7, 11) is 4.20. The van der Waals surface area contributed by atoms with Gasteiger partial charge < -0.3 is 20.0 Å². The van der Waals surface area contributed by atoms with E-state index in [1.54, 1.807) is 6.26 Å². The number of hydrogen-bond acceptors (Lipinski definition) is 2. The van der Waals surface area contributed by atoms with Gasteiger partial charge in [0, 0.05) is 0 Å². The van der Waals surface area contributed by atoms with Gasteiger partial charge in [-0.2, -0.15) is 0 Å². The summed E-state index contributed by atoms with van der Waals surface area (Å²) in [5.74, 6) is 0.830. The maximum atomic E-state index is 11.4. The van der Waals surface area contributed by atoms with Crippen molar-refractivity contribution in [1.82, 2.24) is 5.32 Å². The van der Waals surface area contributed by atoms with Crippen LogP contribution >= 0.6 is 0 Å². The van der Waals surface area contributed by atoms with Crippen LogP contribution in [0.25, 0.3) is 0 Å². The van der Waals surface area contributed by atoms with Crippen molar-refractivity contribution < 1.29 is 19.4 Å². The Hall–Kier alpha value is -1.33. The SMILES string of the molecule is C[NH+](C)CC[NH2+]CC(=O)NCc1ccco1. The molecule has 0 aliphatic rings. The molecule has 1 amide bonds. The summed E-state index contributed by atoms with van der Waals surface area (Å²) in [6.45, 7) is 2.98. The van der Waals surface area contributed by atoms with Gasteiger partial charge in [-0.3, -0.25) is 4.79 Å². The fourth-order valence-corrected chi connectivity index (χ4v) is 1.29. The van der Waals surface area contributed by atoms with Gasteiger partial charge in [-0.1, -0.05) is 0 Å². The molecule has 1 aromatic heterocycles. The third-order valence-corrected chi connectivity index (χ3v) is 2.22. The van der Waals surface area contributed by atoms with Crippen molar-refractivity contribution in [2.24, 2.45) is 0 Å². The standard InChI is InChI=1S/C11H19N3O2/c1-14(2)6-5-12-9-11(15)13-8-10-4-3-7-16-10/h3-4,7,12H,5-6,8-9H2,1-2H3,(H,13,15)/p+2. The number of nitrogens with two attached hydrogens (primary N) is 1. The molecule has 0 atom stereocenters. The van der Waals surface area contributed by atoms with Crippen LogP contribution in [-0.4, -0.2) is 39.6 Å². The highest BCUT2D eigenvalue weighted by Gasteiger charge is 2.04. The number of rotatable bonds is 7. The van der Waals surface area contributed by atoms with Crippen LogP contribution in [0.1, 0.15) is 5.76 Å². The second-order valence-corrected chi connectivity index (χ2v) is 4.09. The van der Waals surface area contributed by atoms with Gasteiger partial charge in [0.05, 0.1) is 26.9 Å². The van der Waals surface area contributed by atoms with Crippen LogP contribution in [0.15, 0.2) is 22.8 Å². The summed E-state index contributed by atoms with van der Waals surface area (Å²) in [5, 5.41) is 4.82. The van der Waals surface area contributed by atoms with E-state index in [1.165, 1.54) is 4.90 Å². The molecule has 0 spiro atoms. The molecular weight excluding hydrogens is 206 g/mol. The molecule has 0 saturated carbocycles. The number of amides is 1. The molecule has 0 fully saturated rings. The van der Waals surface area contributed by atoms with Crippen LogP contribution < -0.4 is 15.5 Å². The second-order valence-electron chi connectivity index (χ2n) is 4.09. The molecule has 5 heteroatoms. The predicted molar refractivity (Wildman–Crippen MR) is 59.9 cm³/mol. The number of carbonyl (C=O) groups is 1. The van der Waals surface area contributed by atoms with E-state index in [-0.39, 0.29) is 5.91 Å². The third kappa shape index (κ3) is 5.53. The summed E-state index contributed by atoms with van der Waals surface area (Å²) < 4.78 is 5.11. The van der Waals surface area contributed by atoms with E-state index in [0.29, 0.717) is 13.1 Å². The Balaban J connectivity index is 2.03. The molecule has 5 nitrogen and oxygen atoms in total. The third-order valence-electron chi connectivity index (χ3n) is 2.22. The Morgan fingerprint density at radius 1 is 1.56 bits per heavy atom. The molecule has 0 aliphatic heterocycles. The topological polar surface area (TPSA) is 63.3 Å². The average molecular weight is 227 g/mol. The van der Waals surface area contributed by atoms with E-state index in [9.17, 15) is 4.79 Å². The summed E-state index contributed by atoms with van der Waals surface area (Å²) in [6, 6.07) is 3.66. The minimum Gasteiger partial charge on any atom is -0.467 e. The lowest BCUT2D eigenvalue weighted by Gasteiger charge is -2.06. The molecule has 1 heterocycles. The van der Waals surface area contributed by atoms with E-state index in [2.05, 4.69) is 19.4 Å². The normalized spacial score (nSPS) is 10.7. The molecule has 1 aromatic rings. The first-order valence-corrected chi connectivity index (χ1v) is 5.58. The lowest BCUT2D eigenvalue weighted by atomic mass is 10.4. The minimum atomic E-state index is 0.0464. The highest BCUT2D eigenvalue weighted by atomic mass is 16.3. The molecular formula is C11H21N3O2+2.